The molecule has 102 heavy (non-hydrogen) atoms. The molecule has 0 saturated heterocycles. The van der Waals surface area contributed by atoms with Crippen LogP contribution in [0.3, 0.4) is 0 Å². The van der Waals surface area contributed by atoms with Gasteiger partial charge < -0.3 is 38.4 Å². The van der Waals surface area contributed by atoms with E-state index in [0.717, 1.165) is 154 Å². The number of esters is 6. The number of unbranched alkanes of at least 4 members (excludes halogenated alkanes) is 44. The molecular weight excluding hydrogens is 1280 g/mol. The maximum absolute atomic E-state index is 13.1. The van der Waals surface area contributed by atoms with Crippen LogP contribution in [-0.4, -0.2) is 111 Å². The molecular formula is C88H159NO13. The van der Waals surface area contributed by atoms with E-state index in [1.165, 1.54) is 167 Å². The first-order valence-corrected chi connectivity index (χ1v) is 43.0. The number of rotatable bonds is 80. The van der Waals surface area contributed by atoms with E-state index in [1.807, 2.05) is 4.90 Å². The zero-order chi connectivity index (χ0) is 74.2. The quantitative estimate of drug-likeness (QED) is 0.0263. The van der Waals surface area contributed by atoms with Crippen molar-refractivity contribution in [1.82, 2.24) is 4.90 Å². The first-order chi connectivity index (χ1) is 50.1. The van der Waals surface area contributed by atoms with Crippen molar-refractivity contribution in [2.24, 2.45) is 0 Å². The highest BCUT2D eigenvalue weighted by atomic mass is 16.6. The zero-order valence-corrected chi connectivity index (χ0v) is 66.7. The molecule has 2 atom stereocenters. The molecule has 0 aliphatic rings. The summed E-state index contributed by atoms with van der Waals surface area (Å²) in [5.74, 6) is -2.53. The van der Waals surface area contributed by atoms with Crippen molar-refractivity contribution in [3.05, 3.63) is 48.6 Å². The van der Waals surface area contributed by atoms with Gasteiger partial charge in [-0.3, -0.25) is 28.8 Å². The Kier molecular flexibility index (Phi) is 77.4. The third-order valence-electron chi connectivity index (χ3n) is 19.0. The molecule has 14 heteroatoms. The van der Waals surface area contributed by atoms with E-state index < -0.39 is 36.1 Å². The van der Waals surface area contributed by atoms with E-state index in [1.54, 1.807) is 0 Å². The molecule has 0 amide bonds. The number of aliphatic hydroxyl groups is 1. The molecule has 0 aromatic carbocycles. The van der Waals surface area contributed by atoms with E-state index in [4.69, 9.17) is 28.4 Å². The molecule has 0 aromatic heterocycles. The summed E-state index contributed by atoms with van der Waals surface area (Å²) in [5.41, 5.74) is 0. The van der Waals surface area contributed by atoms with Crippen LogP contribution >= 0.6 is 0 Å². The van der Waals surface area contributed by atoms with Crippen molar-refractivity contribution in [1.29, 1.82) is 0 Å². The molecule has 0 aromatic rings. The zero-order valence-electron chi connectivity index (χ0n) is 66.7. The monoisotopic (exact) mass is 1440 g/mol. The SMILES string of the molecule is CCCCCCCC/C=C\CCCCCCCC(=O)OCC(COC(=O)CCCN(CCO)CCCC(=O)OCC(COC(=O)CCCCCCC/C=C\CCCCCCCC)OC(=O)CCCCCCC/C=C\CCCCCCCC)OC(=O)CCCCCCC/C=C\CCCCCCCC. The van der Waals surface area contributed by atoms with Gasteiger partial charge in [0.25, 0.3) is 0 Å². The number of hydrogen-bond donors (Lipinski definition) is 1. The molecule has 0 spiro atoms. The van der Waals surface area contributed by atoms with Gasteiger partial charge >= 0.3 is 35.8 Å². The van der Waals surface area contributed by atoms with Gasteiger partial charge in [-0.15, -0.1) is 0 Å². The number of aliphatic hydroxyl groups excluding tert-OH is 1. The minimum Gasteiger partial charge on any atom is -0.462 e. The summed E-state index contributed by atoms with van der Waals surface area (Å²) in [4.78, 5) is 80.2. The van der Waals surface area contributed by atoms with Crippen LogP contribution in [-0.2, 0) is 57.2 Å². The normalized spacial score (nSPS) is 12.4. The minimum atomic E-state index is -0.931. The largest absolute Gasteiger partial charge is 0.462 e. The number of ether oxygens (including phenoxy) is 6. The van der Waals surface area contributed by atoms with Gasteiger partial charge in [0.15, 0.2) is 12.2 Å². The number of carbonyl (C=O) groups is 6. The van der Waals surface area contributed by atoms with Crippen LogP contribution in [0.15, 0.2) is 48.6 Å². The summed E-state index contributed by atoms with van der Waals surface area (Å²) in [7, 11) is 0. The number of carbonyl (C=O) groups excluding carboxylic acids is 6. The van der Waals surface area contributed by atoms with Gasteiger partial charge in [0.1, 0.15) is 26.4 Å². The van der Waals surface area contributed by atoms with Crippen molar-refractivity contribution in [2.45, 2.75) is 425 Å². The molecule has 0 rings (SSSR count). The number of allylic oxidation sites excluding steroid dienone is 8. The summed E-state index contributed by atoms with van der Waals surface area (Å²) in [5, 5.41) is 9.91. The van der Waals surface area contributed by atoms with Gasteiger partial charge in [0, 0.05) is 45.1 Å². The number of nitrogens with zero attached hydrogens (tertiary/aromatic N) is 1. The Bertz CT molecular complexity index is 1870. The lowest BCUT2D eigenvalue weighted by atomic mass is 10.1. The average Bonchev–Trinajstić information content (AvgIpc) is 1.02. The Morgan fingerprint density at radius 1 is 0.245 bits per heavy atom. The molecule has 0 bridgehead atoms. The van der Waals surface area contributed by atoms with Crippen LogP contribution in [0.5, 0.6) is 0 Å². The first-order valence-electron chi connectivity index (χ1n) is 43.0. The molecule has 0 aliphatic heterocycles. The predicted molar refractivity (Wildman–Crippen MR) is 423 cm³/mol. The van der Waals surface area contributed by atoms with Crippen LogP contribution < -0.4 is 0 Å². The second-order valence-corrected chi connectivity index (χ2v) is 29.1. The Morgan fingerprint density at radius 2 is 0.431 bits per heavy atom. The first kappa shape index (κ1) is 97.7. The topological polar surface area (TPSA) is 181 Å². The predicted octanol–water partition coefficient (Wildman–Crippen LogP) is 24.0. The van der Waals surface area contributed by atoms with Crippen LogP contribution in [0.25, 0.3) is 0 Å². The Hall–Kier alpha value is -4.30. The molecule has 0 heterocycles. The van der Waals surface area contributed by atoms with E-state index in [0.29, 0.717) is 45.3 Å². The van der Waals surface area contributed by atoms with Gasteiger partial charge in [-0.25, -0.2) is 0 Å². The van der Waals surface area contributed by atoms with Crippen molar-refractivity contribution in [2.75, 3.05) is 52.7 Å². The van der Waals surface area contributed by atoms with Crippen molar-refractivity contribution in [3.63, 3.8) is 0 Å². The smallest absolute Gasteiger partial charge is 0.306 e. The molecule has 1 N–H and O–H groups in total. The molecule has 0 saturated carbocycles. The third kappa shape index (κ3) is 75.4. The summed E-state index contributed by atoms with van der Waals surface area (Å²) in [6.45, 7) is 9.24. The van der Waals surface area contributed by atoms with Gasteiger partial charge in [-0.2, -0.15) is 0 Å². The fraction of sp³-hybridized carbons (Fsp3) is 0.841. The van der Waals surface area contributed by atoms with Crippen LogP contribution in [0.1, 0.15) is 413 Å². The van der Waals surface area contributed by atoms with Gasteiger partial charge in [0.2, 0.25) is 0 Å². The van der Waals surface area contributed by atoms with E-state index >= 15 is 0 Å². The van der Waals surface area contributed by atoms with Crippen LogP contribution in [0.4, 0.5) is 0 Å². The lowest BCUT2D eigenvalue weighted by Crippen LogP contribution is -2.32. The minimum absolute atomic E-state index is 0.0637. The lowest BCUT2D eigenvalue weighted by molar-refractivity contribution is -0.167. The summed E-state index contributed by atoms with van der Waals surface area (Å²) in [6.07, 6.45) is 78.9. The van der Waals surface area contributed by atoms with E-state index in [9.17, 15) is 33.9 Å². The summed E-state index contributed by atoms with van der Waals surface area (Å²) < 4.78 is 34.0. The fourth-order valence-electron chi connectivity index (χ4n) is 12.5. The summed E-state index contributed by atoms with van der Waals surface area (Å²) in [6, 6.07) is 0. The highest BCUT2D eigenvalue weighted by molar-refractivity contribution is 5.72. The van der Waals surface area contributed by atoms with Crippen LogP contribution in [0, 0.1) is 0 Å². The second-order valence-electron chi connectivity index (χ2n) is 29.1. The van der Waals surface area contributed by atoms with Crippen molar-refractivity contribution >= 4 is 35.8 Å². The molecule has 14 nitrogen and oxygen atoms in total. The highest BCUT2D eigenvalue weighted by Crippen LogP contribution is 2.18. The standard InChI is InChI=1S/C88H159NO13/c1-5-9-13-17-21-25-29-33-37-41-45-49-53-57-61-67-83(91)97-77-81(101-87(95)69-63-59-55-51-47-43-39-35-31-27-23-19-15-11-7-3)79-99-85(93)71-65-73-89(75-76-90)74-66-72-86(94)100-80-82(102-88(96)70-64-60-56-52-48-44-40-36-32-28-24-20-16-12-8-4)78-98-84(92)68-62-58-54-50-46-42-38-34-30-26-22-18-14-10-6-2/h33-40,81-82,90H,5-32,41-80H2,1-4H3/b37-33-,38-34-,39-35-,40-36-. The van der Waals surface area contributed by atoms with Crippen LogP contribution in [0.2, 0.25) is 0 Å². The van der Waals surface area contributed by atoms with E-state index in [-0.39, 0.29) is 83.5 Å². The molecule has 0 fully saturated rings. The molecule has 0 aliphatic carbocycles. The van der Waals surface area contributed by atoms with Crippen molar-refractivity contribution in [3.8, 4) is 0 Å². The molecule has 594 valence electrons. The molecule has 2 unspecified atom stereocenters. The maximum Gasteiger partial charge on any atom is 0.306 e. The summed E-state index contributed by atoms with van der Waals surface area (Å²) >= 11 is 0. The Balaban J connectivity index is 5.22. The van der Waals surface area contributed by atoms with E-state index in [2.05, 4.69) is 76.3 Å². The van der Waals surface area contributed by atoms with Gasteiger partial charge in [0.05, 0.1) is 6.61 Å². The molecule has 0 radical (unpaired) electrons. The third-order valence-corrected chi connectivity index (χ3v) is 19.0. The Morgan fingerprint density at radius 3 is 0.647 bits per heavy atom. The number of hydrogen-bond acceptors (Lipinski definition) is 14. The average molecular weight is 1440 g/mol. The maximum atomic E-state index is 13.1. The van der Waals surface area contributed by atoms with Gasteiger partial charge in [-0.05, 0) is 154 Å². The Labute approximate surface area is 626 Å². The second kappa shape index (κ2) is 80.8. The fourth-order valence-corrected chi connectivity index (χ4v) is 12.5. The lowest BCUT2D eigenvalue weighted by Gasteiger charge is -2.21. The van der Waals surface area contributed by atoms with Crippen molar-refractivity contribution < 1.29 is 62.3 Å². The highest BCUT2D eigenvalue weighted by Gasteiger charge is 2.22. The van der Waals surface area contributed by atoms with Gasteiger partial charge in [-0.1, -0.05) is 282 Å².